The molecule has 0 bridgehead atoms. The molecule has 96 valence electrons. The summed E-state index contributed by atoms with van der Waals surface area (Å²) in [6.45, 7) is 0. The summed E-state index contributed by atoms with van der Waals surface area (Å²) in [5.41, 5.74) is 0.562. The van der Waals surface area contributed by atoms with E-state index >= 15 is 0 Å². The molecule has 2 aromatic heterocycles. The number of alkyl halides is 3. The van der Waals surface area contributed by atoms with Crippen LogP contribution in [-0.4, -0.2) is 9.97 Å². The Morgan fingerprint density at radius 1 is 1.05 bits per heavy atom. The summed E-state index contributed by atoms with van der Waals surface area (Å²) in [6.07, 6.45) is -2.70. The molecule has 0 fully saturated rings. The number of halogens is 3. The second kappa shape index (κ2) is 4.31. The first-order valence-electron chi connectivity index (χ1n) is 5.43. The van der Waals surface area contributed by atoms with Crippen LogP contribution in [0.4, 0.5) is 13.2 Å². The van der Waals surface area contributed by atoms with Gasteiger partial charge >= 0.3 is 6.18 Å². The van der Waals surface area contributed by atoms with Gasteiger partial charge in [-0.15, -0.1) is 11.3 Å². The Labute approximate surface area is 110 Å². The van der Waals surface area contributed by atoms with E-state index in [9.17, 15) is 13.2 Å². The predicted octanol–water partition coefficient (Wildman–Crippen LogP) is 4.38. The van der Waals surface area contributed by atoms with Crippen LogP contribution in [0.25, 0.3) is 20.9 Å². The average molecular weight is 280 g/mol. The second-order valence-corrected chi connectivity index (χ2v) is 4.94. The Bertz CT molecular complexity index is 720. The van der Waals surface area contributed by atoms with Gasteiger partial charge in [0.25, 0.3) is 0 Å². The average Bonchev–Trinajstić information content (AvgIpc) is 2.81. The van der Waals surface area contributed by atoms with Crippen LogP contribution < -0.4 is 0 Å². The van der Waals surface area contributed by atoms with Gasteiger partial charge in [-0.05, 0) is 30.3 Å². The standard InChI is InChI=1S/C13H7F3N2S/c14-13(15,16)8-4-5-9-11(7-8)19-12(18-9)10-3-1-2-6-17-10/h1-7H. The summed E-state index contributed by atoms with van der Waals surface area (Å²) in [4.78, 5) is 8.44. The van der Waals surface area contributed by atoms with Crippen molar-refractivity contribution in [3.63, 3.8) is 0 Å². The fourth-order valence-corrected chi connectivity index (χ4v) is 2.68. The molecule has 19 heavy (non-hydrogen) atoms. The van der Waals surface area contributed by atoms with E-state index < -0.39 is 11.7 Å². The normalized spacial score (nSPS) is 11.9. The number of hydrogen-bond acceptors (Lipinski definition) is 3. The summed E-state index contributed by atoms with van der Waals surface area (Å²) >= 11 is 1.21. The van der Waals surface area contributed by atoms with E-state index in [1.165, 1.54) is 17.4 Å². The van der Waals surface area contributed by atoms with Crippen LogP contribution in [-0.2, 0) is 6.18 Å². The Hall–Kier alpha value is -1.95. The molecule has 3 aromatic rings. The molecule has 0 saturated heterocycles. The molecule has 0 aliphatic rings. The minimum absolute atomic E-state index is 0.510. The lowest BCUT2D eigenvalue weighted by molar-refractivity contribution is -0.137. The number of fused-ring (bicyclic) bond motifs is 1. The van der Waals surface area contributed by atoms with Gasteiger partial charge in [0, 0.05) is 6.20 Å². The van der Waals surface area contributed by atoms with Crippen LogP contribution in [0.1, 0.15) is 5.56 Å². The molecule has 0 saturated carbocycles. The van der Waals surface area contributed by atoms with E-state index in [1.807, 2.05) is 6.07 Å². The molecule has 2 nitrogen and oxygen atoms in total. The Morgan fingerprint density at radius 3 is 2.58 bits per heavy atom. The third-order valence-electron chi connectivity index (χ3n) is 2.60. The number of nitrogens with zero attached hydrogens (tertiary/aromatic N) is 2. The molecule has 0 aliphatic heterocycles. The highest BCUT2D eigenvalue weighted by molar-refractivity contribution is 7.21. The second-order valence-electron chi connectivity index (χ2n) is 3.91. The van der Waals surface area contributed by atoms with Gasteiger partial charge in [0.1, 0.15) is 5.01 Å². The SMILES string of the molecule is FC(F)(F)c1ccc2nc(-c3ccccn3)sc2c1. The quantitative estimate of drug-likeness (QED) is 0.661. The number of aromatic nitrogens is 2. The predicted molar refractivity (Wildman–Crippen MR) is 67.9 cm³/mol. The molecular weight excluding hydrogens is 273 g/mol. The van der Waals surface area contributed by atoms with E-state index in [0.717, 1.165) is 12.1 Å². The van der Waals surface area contributed by atoms with Gasteiger partial charge in [-0.3, -0.25) is 4.98 Å². The summed E-state index contributed by atoms with van der Waals surface area (Å²) in [5, 5.41) is 0.620. The number of thiazole rings is 1. The largest absolute Gasteiger partial charge is 0.416 e. The first-order valence-corrected chi connectivity index (χ1v) is 6.25. The molecule has 1 aromatic carbocycles. The topological polar surface area (TPSA) is 25.8 Å². The zero-order valence-electron chi connectivity index (χ0n) is 9.48. The highest BCUT2D eigenvalue weighted by Crippen LogP contribution is 2.35. The van der Waals surface area contributed by atoms with E-state index in [2.05, 4.69) is 9.97 Å². The van der Waals surface area contributed by atoms with Gasteiger partial charge in [-0.2, -0.15) is 13.2 Å². The molecule has 3 rings (SSSR count). The van der Waals surface area contributed by atoms with Gasteiger partial charge in [0.2, 0.25) is 0 Å². The van der Waals surface area contributed by atoms with Gasteiger partial charge in [0.05, 0.1) is 21.5 Å². The summed E-state index contributed by atoms with van der Waals surface area (Å²) in [6, 6.07) is 8.93. The smallest absolute Gasteiger partial charge is 0.254 e. The summed E-state index contributed by atoms with van der Waals surface area (Å²) in [7, 11) is 0. The fraction of sp³-hybridized carbons (Fsp3) is 0.0769. The number of pyridine rings is 1. The van der Waals surface area contributed by atoms with E-state index in [1.54, 1.807) is 18.3 Å². The van der Waals surface area contributed by atoms with Crippen molar-refractivity contribution in [3.05, 3.63) is 48.2 Å². The van der Waals surface area contributed by atoms with Gasteiger partial charge in [-0.25, -0.2) is 4.98 Å². The van der Waals surface area contributed by atoms with Crippen molar-refractivity contribution in [1.82, 2.24) is 9.97 Å². The molecule has 0 atom stereocenters. The van der Waals surface area contributed by atoms with Crippen molar-refractivity contribution in [1.29, 1.82) is 0 Å². The van der Waals surface area contributed by atoms with Crippen LogP contribution in [0.2, 0.25) is 0 Å². The van der Waals surface area contributed by atoms with Gasteiger partial charge < -0.3 is 0 Å². The lowest BCUT2D eigenvalue weighted by atomic mass is 10.2. The monoisotopic (exact) mass is 280 g/mol. The van der Waals surface area contributed by atoms with E-state index in [0.29, 0.717) is 20.9 Å². The van der Waals surface area contributed by atoms with Crippen molar-refractivity contribution in [2.75, 3.05) is 0 Å². The van der Waals surface area contributed by atoms with Gasteiger partial charge in [0.15, 0.2) is 0 Å². The molecule has 0 radical (unpaired) electrons. The van der Waals surface area contributed by atoms with Crippen molar-refractivity contribution in [2.24, 2.45) is 0 Å². The van der Waals surface area contributed by atoms with Crippen molar-refractivity contribution in [3.8, 4) is 10.7 Å². The Balaban J connectivity index is 2.12. The summed E-state index contributed by atoms with van der Waals surface area (Å²) in [5.74, 6) is 0. The van der Waals surface area contributed by atoms with E-state index in [4.69, 9.17) is 0 Å². The molecule has 0 unspecified atom stereocenters. The fourth-order valence-electron chi connectivity index (χ4n) is 1.70. The maximum Gasteiger partial charge on any atom is 0.416 e. The zero-order chi connectivity index (χ0) is 13.5. The highest BCUT2D eigenvalue weighted by Gasteiger charge is 2.30. The Morgan fingerprint density at radius 2 is 1.89 bits per heavy atom. The van der Waals surface area contributed by atoms with Crippen LogP contribution >= 0.6 is 11.3 Å². The van der Waals surface area contributed by atoms with E-state index in [-0.39, 0.29) is 0 Å². The lowest BCUT2D eigenvalue weighted by Gasteiger charge is -2.04. The molecule has 0 aliphatic carbocycles. The zero-order valence-corrected chi connectivity index (χ0v) is 10.3. The van der Waals surface area contributed by atoms with Crippen molar-refractivity contribution >= 4 is 21.6 Å². The number of benzene rings is 1. The first kappa shape index (κ1) is 12.1. The van der Waals surface area contributed by atoms with Crippen LogP contribution in [0.3, 0.4) is 0 Å². The summed E-state index contributed by atoms with van der Waals surface area (Å²) < 4.78 is 38.4. The molecular formula is C13H7F3N2S. The minimum atomic E-state index is -4.33. The molecule has 0 amide bonds. The number of hydrogen-bond donors (Lipinski definition) is 0. The minimum Gasteiger partial charge on any atom is -0.254 e. The van der Waals surface area contributed by atoms with Crippen molar-refractivity contribution in [2.45, 2.75) is 6.18 Å². The lowest BCUT2D eigenvalue weighted by Crippen LogP contribution is -2.03. The Kier molecular flexibility index (Phi) is 2.74. The molecule has 6 heteroatoms. The van der Waals surface area contributed by atoms with Crippen LogP contribution in [0.5, 0.6) is 0 Å². The molecule has 0 spiro atoms. The maximum absolute atomic E-state index is 12.6. The maximum atomic E-state index is 12.6. The molecule has 0 N–H and O–H groups in total. The molecule has 2 heterocycles. The number of rotatable bonds is 1. The third kappa shape index (κ3) is 2.31. The van der Waals surface area contributed by atoms with Gasteiger partial charge in [-0.1, -0.05) is 6.07 Å². The third-order valence-corrected chi connectivity index (χ3v) is 3.64. The highest BCUT2D eigenvalue weighted by atomic mass is 32.1. The van der Waals surface area contributed by atoms with Crippen molar-refractivity contribution < 1.29 is 13.2 Å². The van der Waals surface area contributed by atoms with Crippen LogP contribution in [0.15, 0.2) is 42.6 Å². The van der Waals surface area contributed by atoms with Crippen LogP contribution in [0, 0.1) is 0 Å². The first-order chi connectivity index (χ1) is 9.04.